The van der Waals surface area contributed by atoms with Crippen molar-refractivity contribution in [3.63, 3.8) is 0 Å². The molecule has 0 radical (unpaired) electrons. The normalized spacial score (nSPS) is 18.7. The molecule has 0 spiro atoms. The molecule has 1 aliphatic rings. The lowest BCUT2D eigenvalue weighted by Crippen LogP contribution is -2.36. The first-order chi connectivity index (χ1) is 8.59. The lowest BCUT2D eigenvalue weighted by Gasteiger charge is -2.33. The molecule has 0 bridgehead atoms. The molecule has 1 saturated heterocycles. The van der Waals surface area contributed by atoms with Crippen LogP contribution < -0.4 is 10.6 Å². The predicted molar refractivity (Wildman–Crippen MR) is 79.0 cm³/mol. The van der Waals surface area contributed by atoms with Crippen molar-refractivity contribution in [1.82, 2.24) is 0 Å². The standard InChI is InChI=1S/C14H21BrN2O/c1-10(16)11-3-4-14(13(15)9-11)17(2)12-5-7-18-8-6-12/h3-4,9-10,12H,5-8,16H2,1-2H3/t10-/m0/s1. The van der Waals surface area contributed by atoms with E-state index in [1.807, 2.05) is 6.92 Å². The Kier molecular flexibility index (Phi) is 4.65. The number of hydrogen-bond acceptors (Lipinski definition) is 3. The largest absolute Gasteiger partial charge is 0.381 e. The first-order valence-electron chi connectivity index (χ1n) is 6.45. The Bertz CT molecular complexity index is 403. The molecular weight excluding hydrogens is 292 g/mol. The second-order valence-corrected chi connectivity index (χ2v) is 5.81. The van der Waals surface area contributed by atoms with Crippen molar-refractivity contribution in [1.29, 1.82) is 0 Å². The zero-order valence-corrected chi connectivity index (χ0v) is 12.6. The molecule has 0 unspecified atom stereocenters. The van der Waals surface area contributed by atoms with Gasteiger partial charge < -0.3 is 15.4 Å². The fourth-order valence-corrected chi connectivity index (χ4v) is 3.04. The van der Waals surface area contributed by atoms with Crippen molar-refractivity contribution in [2.24, 2.45) is 5.73 Å². The van der Waals surface area contributed by atoms with E-state index in [0.717, 1.165) is 36.1 Å². The SMILES string of the molecule is C[C@H](N)c1ccc(N(C)C2CCOCC2)c(Br)c1. The van der Waals surface area contributed by atoms with Gasteiger partial charge in [-0.15, -0.1) is 0 Å². The Hall–Kier alpha value is -0.580. The van der Waals surface area contributed by atoms with Gasteiger partial charge in [-0.2, -0.15) is 0 Å². The van der Waals surface area contributed by atoms with Gasteiger partial charge in [0.25, 0.3) is 0 Å². The molecule has 18 heavy (non-hydrogen) atoms. The maximum atomic E-state index is 5.90. The molecule has 0 saturated carbocycles. The summed E-state index contributed by atoms with van der Waals surface area (Å²) in [6.07, 6.45) is 2.19. The number of benzene rings is 1. The van der Waals surface area contributed by atoms with Gasteiger partial charge in [-0.1, -0.05) is 6.07 Å². The zero-order valence-electron chi connectivity index (χ0n) is 11.0. The summed E-state index contributed by atoms with van der Waals surface area (Å²) in [7, 11) is 2.15. The van der Waals surface area contributed by atoms with Crippen molar-refractivity contribution in [3.8, 4) is 0 Å². The average molecular weight is 313 g/mol. The first kappa shape index (κ1) is 13.8. The highest BCUT2D eigenvalue weighted by Gasteiger charge is 2.20. The molecule has 1 heterocycles. The molecule has 1 atom stereocenters. The second-order valence-electron chi connectivity index (χ2n) is 4.95. The highest BCUT2D eigenvalue weighted by Crippen LogP contribution is 2.31. The highest BCUT2D eigenvalue weighted by atomic mass is 79.9. The number of anilines is 1. The molecule has 0 aromatic heterocycles. The van der Waals surface area contributed by atoms with Crippen LogP contribution in [0.25, 0.3) is 0 Å². The molecule has 4 heteroatoms. The number of nitrogens with two attached hydrogens (primary N) is 1. The fourth-order valence-electron chi connectivity index (χ4n) is 2.36. The average Bonchev–Trinajstić information content (AvgIpc) is 2.38. The summed E-state index contributed by atoms with van der Waals surface area (Å²) in [4.78, 5) is 2.34. The van der Waals surface area contributed by atoms with Crippen LogP contribution in [0.1, 0.15) is 31.4 Å². The van der Waals surface area contributed by atoms with Crippen LogP contribution in [0.5, 0.6) is 0 Å². The van der Waals surface area contributed by atoms with Crippen LogP contribution >= 0.6 is 15.9 Å². The highest BCUT2D eigenvalue weighted by molar-refractivity contribution is 9.10. The van der Waals surface area contributed by atoms with Gasteiger partial charge in [-0.3, -0.25) is 0 Å². The molecule has 1 fully saturated rings. The van der Waals surface area contributed by atoms with Crippen LogP contribution in [0.15, 0.2) is 22.7 Å². The topological polar surface area (TPSA) is 38.5 Å². The van der Waals surface area contributed by atoms with E-state index in [1.165, 1.54) is 5.69 Å². The number of nitrogens with zero attached hydrogens (tertiary/aromatic N) is 1. The van der Waals surface area contributed by atoms with Crippen LogP contribution in [0.4, 0.5) is 5.69 Å². The molecular formula is C14H21BrN2O. The molecule has 0 amide bonds. The van der Waals surface area contributed by atoms with Crippen molar-refractivity contribution in [3.05, 3.63) is 28.2 Å². The lowest BCUT2D eigenvalue weighted by molar-refractivity contribution is 0.0854. The van der Waals surface area contributed by atoms with E-state index in [2.05, 4.69) is 46.1 Å². The molecule has 1 aromatic rings. The summed E-state index contributed by atoms with van der Waals surface area (Å²) < 4.78 is 6.53. The first-order valence-corrected chi connectivity index (χ1v) is 7.24. The van der Waals surface area contributed by atoms with Gasteiger partial charge in [0.2, 0.25) is 0 Å². The maximum absolute atomic E-state index is 5.90. The summed E-state index contributed by atoms with van der Waals surface area (Å²) in [6, 6.07) is 7.02. The molecule has 2 N–H and O–H groups in total. The van der Waals surface area contributed by atoms with Crippen LogP contribution in [-0.4, -0.2) is 26.3 Å². The summed E-state index contributed by atoms with van der Waals surface area (Å²) >= 11 is 3.65. The third-order valence-corrected chi connectivity index (χ3v) is 4.25. The van der Waals surface area contributed by atoms with Crippen molar-refractivity contribution >= 4 is 21.6 Å². The second kappa shape index (κ2) is 6.04. The van der Waals surface area contributed by atoms with Crippen LogP contribution in [0.2, 0.25) is 0 Å². The van der Waals surface area contributed by atoms with Crippen molar-refractivity contribution < 1.29 is 4.74 Å². The maximum Gasteiger partial charge on any atom is 0.0510 e. The van der Waals surface area contributed by atoms with E-state index in [1.54, 1.807) is 0 Å². The molecule has 100 valence electrons. The number of hydrogen-bond donors (Lipinski definition) is 1. The van der Waals surface area contributed by atoms with E-state index < -0.39 is 0 Å². The van der Waals surface area contributed by atoms with E-state index in [4.69, 9.17) is 10.5 Å². The smallest absolute Gasteiger partial charge is 0.0510 e. The van der Waals surface area contributed by atoms with E-state index >= 15 is 0 Å². The Balaban J connectivity index is 2.16. The third-order valence-electron chi connectivity index (χ3n) is 3.62. The van der Waals surface area contributed by atoms with Gasteiger partial charge in [-0.25, -0.2) is 0 Å². The third kappa shape index (κ3) is 3.05. The van der Waals surface area contributed by atoms with Gasteiger partial charge in [0.05, 0.1) is 5.69 Å². The number of rotatable bonds is 3. The van der Waals surface area contributed by atoms with Gasteiger partial charge in [0, 0.05) is 36.8 Å². The van der Waals surface area contributed by atoms with Crippen LogP contribution in [0, 0.1) is 0 Å². The molecule has 1 aliphatic heterocycles. The van der Waals surface area contributed by atoms with E-state index in [-0.39, 0.29) is 6.04 Å². The summed E-state index contributed by atoms with van der Waals surface area (Å²) in [5, 5.41) is 0. The minimum atomic E-state index is 0.0729. The van der Waals surface area contributed by atoms with Crippen LogP contribution in [0.3, 0.4) is 0 Å². The lowest BCUT2D eigenvalue weighted by atomic mass is 10.1. The predicted octanol–water partition coefficient (Wildman–Crippen LogP) is 3.08. The van der Waals surface area contributed by atoms with E-state index in [0.29, 0.717) is 6.04 Å². The summed E-state index contributed by atoms with van der Waals surface area (Å²) in [5.41, 5.74) is 8.29. The number of halogens is 1. The molecule has 3 nitrogen and oxygen atoms in total. The summed E-state index contributed by atoms with van der Waals surface area (Å²) in [6.45, 7) is 3.73. The monoisotopic (exact) mass is 312 g/mol. The van der Waals surface area contributed by atoms with Gasteiger partial charge in [0.1, 0.15) is 0 Å². The molecule has 2 rings (SSSR count). The number of ether oxygens (including phenoxy) is 1. The molecule has 0 aliphatic carbocycles. The Morgan fingerprint density at radius 3 is 2.61 bits per heavy atom. The Morgan fingerprint density at radius 1 is 1.39 bits per heavy atom. The Labute approximate surface area is 117 Å². The summed E-state index contributed by atoms with van der Waals surface area (Å²) in [5.74, 6) is 0. The minimum Gasteiger partial charge on any atom is -0.381 e. The van der Waals surface area contributed by atoms with Crippen molar-refractivity contribution in [2.75, 3.05) is 25.2 Å². The van der Waals surface area contributed by atoms with E-state index in [9.17, 15) is 0 Å². The molecule has 1 aromatic carbocycles. The van der Waals surface area contributed by atoms with Crippen molar-refractivity contribution in [2.45, 2.75) is 31.8 Å². The minimum absolute atomic E-state index is 0.0729. The fraction of sp³-hybridized carbons (Fsp3) is 0.571. The zero-order chi connectivity index (χ0) is 13.1. The van der Waals surface area contributed by atoms with Gasteiger partial charge in [-0.05, 0) is 53.4 Å². The van der Waals surface area contributed by atoms with Gasteiger partial charge in [0.15, 0.2) is 0 Å². The quantitative estimate of drug-likeness (QED) is 0.932. The Morgan fingerprint density at radius 2 is 2.06 bits per heavy atom. The van der Waals surface area contributed by atoms with Gasteiger partial charge >= 0.3 is 0 Å². The van der Waals surface area contributed by atoms with Crippen LogP contribution in [-0.2, 0) is 4.74 Å².